The standard InChI is InChI=1S/C23H20N6O2/c1-3-30-17-5-7-20-19(11-17)23(26-13-24-20)28-16-4-8-21(15(2)10-16)31-18-6-9-22-25-14-27-29(22)12-18/h4-14H,3H2,1-2H3,(H,24,26,28). The molecule has 5 rings (SSSR count). The van der Waals surface area contributed by atoms with Gasteiger partial charge in [-0.05, 0) is 67.9 Å². The molecule has 2 aromatic carbocycles. The van der Waals surface area contributed by atoms with Gasteiger partial charge in [-0.25, -0.2) is 19.5 Å². The topological polar surface area (TPSA) is 86.5 Å². The fourth-order valence-corrected chi connectivity index (χ4v) is 3.36. The lowest BCUT2D eigenvalue weighted by atomic mass is 10.2. The Morgan fingerprint density at radius 3 is 2.71 bits per heavy atom. The lowest BCUT2D eigenvalue weighted by Crippen LogP contribution is -1.98. The van der Waals surface area contributed by atoms with Crippen LogP contribution in [0.15, 0.2) is 67.4 Å². The summed E-state index contributed by atoms with van der Waals surface area (Å²) >= 11 is 0. The second kappa shape index (κ2) is 7.91. The quantitative estimate of drug-likeness (QED) is 0.424. The Labute approximate surface area is 178 Å². The summed E-state index contributed by atoms with van der Waals surface area (Å²) in [6.45, 7) is 4.56. The molecule has 0 aliphatic heterocycles. The highest BCUT2D eigenvalue weighted by Gasteiger charge is 2.09. The van der Waals surface area contributed by atoms with Gasteiger partial charge in [0.2, 0.25) is 0 Å². The van der Waals surface area contributed by atoms with Crippen molar-refractivity contribution < 1.29 is 9.47 Å². The Bertz CT molecular complexity index is 1380. The van der Waals surface area contributed by atoms with Gasteiger partial charge in [0.05, 0.1) is 18.3 Å². The van der Waals surface area contributed by atoms with Crippen molar-refractivity contribution in [2.45, 2.75) is 13.8 Å². The second-order valence-electron chi connectivity index (χ2n) is 6.97. The van der Waals surface area contributed by atoms with Crippen molar-refractivity contribution in [3.05, 3.63) is 72.9 Å². The fourth-order valence-electron chi connectivity index (χ4n) is 3.36. The third kappa shape index (κ3) is 3.83. The Hall–Kier alpha value is -4.20. The largest absolute Gasteiger partial charge is 0.494 e. The number of pyridine rings is 1. The number of aromatic nitrogens is 5. The summed E-state index contributed by atoms with van der Waals surface area (Å²) in [4.78, 5) is 12.9. The smallest absolute Gasteiger partial charge is 0.155 e. The van der Waals surface area contributed by atoms with E-state index in [-0.39, 0.29) is 0 Å². The van der Waals surface area contributed by atoms with E-state index in [1.807, 2.05) is 62.4 Å². The Kier molecular flexibility index (Phi) is 4.80. The molecular formula is C23H20N6O2. The Morgan fingerprint density at radius 2 is 1.84 bits per heavy atom. The molecule has 8 heteroatoms. The number of anilines is 2. The number of fused-ring (bicyclic) bond motifs is 2. The number of benzene rings is 2. The molecule has 154 valence electrons. The van der Waals surface area contributed by atoms with Gasteiger partial charge in [-0.2, -0.15) is 5.10 Å². The average Bonchev–Trinajstić information content (AvgIpc) is 3.24. The molecule has 0 spiro atoms. The van der Waals surface area contributed by atoms with E-state index in [1.54, 1.807) is 17.0 Å². The highest BCUT2D eigenvalue weighted by atomic mass is 16.5. The summed E-state index contributed by atoms with van der Waals surface area (Å²) < 4.78 is 13.3. The molecule has 0 amide bonds. The monoisotopic (exact) mass is 412 g/mol. The molecule has 3 aromatic heterocycles. The van der Waals surface area contributed by atoms with Crippen LogP contribution < -0.4 is 14.8 Å². The van der Waals surface area contributed by atoms with Gasteiger partial charge in [-0.3, -0.25) is 0 Å². The fraction of sp³-hybridized carbons (Fsp3) is 0.130. The van der Waals surface area contributed by atoms with E-state index in [0.717, 1.165) is 45.1 Å². The minimum atomic E-state index is 0.604. The van der Waals surface area contributed by atoms with Crippen LogP contribution in [0.25, 0.3) is 16.6 Å². The van der Waals surface area contributed by atoms with Crippen LogP contribution in [0, 0.1) is 6.92 Å². The van der Waals surface area contributed by atoms with Crippen LogP contribution in [0.1, 0.15) is 12.5 Å². The summed E-state index contributed by atoms with van der Waals surface area (Å²) in [7, 11) is 0. The zero-order valence-electron chi connectivity index (χ0n) is 17.1. The van der Waals surface area contributed by atoms with Crippen molar-refractivity contribution in [3.63, 3.8) is 0 Å². The van der Waals surface area contributed by atoms with E-state index >= 15 is 0 Å². The molecule has 0 saturated carbocycles. The first-order valence-electron chi connectivity index (χ1n) is 9.92. The number of hydrogen-bond acceptors (Lipinski definition) is 7. The first kappa shape index (κ1) is 18.8. The van der Waals surface area contributed by atoms with Gasteiger partial charge in [-0.1, -0.05) is 0 Å². The van der Waals surface area contributed by atoms with Gasteiger partial charge in [-0.15, -0.1) is 0 Å². The highest BCUT2D eigenvalue weighted by Crippen LogP contribution is 2.30. The van der Waals surface area contributed by atoms with E-state index in [9.17, 15) is 0 Å². The number of hydrogen-bond donors (Lipinski definition) is 1. The second-order valence-corrected chi connectivity index (χ2v) is 6.97. The predicted molar refractivity (Wildman–Crippen MR) is 118 cm³/mol. The van der Waals surface area contributed by atoms with Crippen LogP contribution in [-0.2, 0) is 0 Å². The first-order chi connectivity index (χ1) is 15.2. The molecule has 0 unspecified atom stereocenters. The van der Waals surface area contributed by atoms with E-state index in [4.69, 9.17) is 9.47 Å². The van der Waals surface area contributed by atoms with Crippen molar-refractivity contribution in [1.82, 2.24) is 24.6 Å². The Balaban J connectivity index is 1.40. The van der Waals surface area contributed by atoms with E-state index in [0.29, 0.717) is 12.4 Å². The number of aryl methyl sites for hydroxylation is 1. The average molecular weight is 412 g/mol. The number of nitrogens with one attached hydrogen (secondary N) is 1. The van der Waals surface area contributed by atoms with Crippen molar-refractivity contribution in [1.29, 1.82) is 0 Å². The van der Waals surface area contributed by atoms with Crippen LogP contribution in [0.2, 0.25) is 0 Å². The third-order valence-electron chi connectivity index (χ3n) is 4.83. The van der Waals surface area contributed by atoms with Crippen molar-refractivity contribution in [3.8, 4) is 17.2 Å². The van der Waals surface area contributed by atoms with Gasteiger partial charge < -0.3 is 14.8 Å². The van der Waals surface area contributed by atoms with Crippen LogP contribution in [0.5, 0.6) is 17.2 Å². The van der Waals surface area contributed by atoms with Crippen LogP contribution in [-0.4, -0.2) is 31.2 Å². The van der Waals surface area contributed by atoms with Crippen molar-refractivity contribution >= 4 is 28.1 Å². The maximum atomic E-state index is 6.05. The lowest BCUT2D eigenvalue weighted by molar-refractivity contribution is 0.340. The van der Waals surface area contributed by atoms with Gasteiger partial charge >= 0.3 is 0 Å². The normalized spacial score (nSPS) is 11.0. The summed E-state index contributed by atoms with van der Waals surface area (Å²) in [5.41, 5.74) is 3.50. The van der Waals surface area contributed by atoms with Crippen LogP contribution in [0.4, 0.5) is 11.5 Å². The molecule has 0 bridgehead atoms. The SMILES string of the molecule is CCOc1ccc2ncnc(Nc3ccc(Oc4ccc5ncnn5c4)c(C)c3)c2c1. The minimum Gasteiger partial charge on any atom is -0.494 e. The number of rotatable bonds is 6. The first-order valence-corrected chi connectivity index (χ1v) is 9.92. The summed E-state index contributed by atoms with van der Waals surface area (Å²) in [6, 6.07) is 15.4. The van der Waals surface area contributed by atoms with Crippen molar-refractivity contribution in [2.24, 2.45) is 0 Å². The molecule has 3 heterocycles. The predicted octanol–water partition coefficient (Wildman–Crippen LogP) is 4.92. The van der Waals surface area contributed by atoms with Gasteiger partial charge in [0.15, 0.2) is 5.65 Å². The van der Waals surface area contributed by atoms with Crippen LogP contribution in [0.3, 0.4) is 0 Å². The molecule has 5 aromatic rings. The van der Waals surface area contributed by atoms with Gasteiger partial charge in [0, 0.05) is 11.1 Å². The number of ether oxygens (including phenoxy) is 2. The zero-order valence-corrected chi connectivity index (χ0v) is 17.1. The molecule has 0 aliphatic carbocycles. The molecule has 0 fully saturated rings. The lowest BCUT2D eigenvalue weighted by Gasteiger charge is -2.13. The third-order valence-corrected chi connectivity index (χ3v) is 4.83. The van der Waals surface area contributed by atoms with Crippen LogP contribution >= 0.6 is 0 Å². The molecule has 1 N–H and O–H groups in total. The highest BCUT2D eigenvalue weighted by molar-refractivity contribution is 5.91. The molecule has 8 nitrogen and oxygen atoms in total. The molecule has 0 radical (unpaired) electrons. The number of nitrogens with zero attached hydrogens (tertiary/aromatic N) is 5. The molecule has 0 atom stereocenters. The summed E-state index contributed by atoms with van der Waals surface area (Å²) in [5, 5.41) is 8.42. The minimum absolute atomic E-state index is 0.604. The van der Waals surface area contributed by atoms with E-state index < -0.39 is 0 Å². The van der Waals surface area contributed by atoms with E-state index in [2.05, 4.69) is 25.4 Å². The van der Waals surface area contributed by atoms with E-state index in [1.165, 1.54) is 6.33 Å². The maximum absolute atomic E-state index is 6.05. The maximum Gasteiger partial charge on any atom is 0.155 e. The molecule has 0 aliphatic rings. The molecule has 31 heavy (non-hydrogen) atoms. The summed E-state index contributed by atoms with van der Waals surface area (Å²) in [6.07, 6.45) is 4.87. The Morgan fingerprint density at radius 1 is 0.935 bits per heavy atom. The van der Waals surface area contributed by atoms with Gasteiger partial charge in [0.1, 0.15) is 35.7 Å². The zero-order chi connectivity index (χ0) is 21.2. The molecule has 0 saturated heterocycles. The van der Waals surface area contributed by atoms with Crippen molar-refractivity contribution in [2.75, 3.05) is 11.9 Å². The molecular weight excluding hydrogens is 392 g/mol. The van der Waals surface area contributed by atoms with Gasteiger partial charge in [0.25, 0.3) is 0 Å². The summed E-state index contributed by atoms with van der Waals surface area (Å²) in [5.74, 6) is 2.96.